The molecule has 4 rings (SSSR count). The Morgan fingerprint density at radius 2 is 0.889 bits per heavy atom. The summed E-state index contributed by atoms with van der Waals surface area (Å²) in [4.78, 5) is 0. The highest BCUT2D eigenvalue weighted by Gasteiger charge is 2.53. The molecular formula is C24H43NO20. The summed E-state index contributed by atoms with van der Waals surface area (Å²) in [5.74, 6) is 0. The van der Waals surface area contributed by atoms with Gasteiger partial charge in [0.25, 0.3) is 0 Å². The van der Waals surface area contributed by atoms with E-state index >= 15 is 0 Å². The van der Waals surface area contributed by atoms with Crippen LogP contribution in [0.5, 0.6) is 0 Å². The van der Waals surface area contributed by atoms with Crippen molar-refractivity contribution in [2.45, 2.75) is 123 Å². The van der Waals surface area contributed by atoms with Gasteiger partial charge in [-0.3, -0.25) is 0 Å². The highest BCUT2D eigenvalue weighted by molar-refractivity contribution is 4.96. The van der Waals surface area contributed by atoms with Crippen LogP contribution in [0.15, 0.2) is 0 Å². The highest BCUT2D eigenvalue weighted by Crippen LogP contribution is 2.32. The lowest BCUT2D eigenvalue weighted by Gasteiger charge is -2.47. The van der Waals surface area contributed by atoms with E-state index in [-0.39, 0.29) is 0 Å². The average Bonchev–Trinajstić information content (AvgIpc) is 3.03. The Balaban J connectivity index is 1.48. The fourth-order valence-corrected chi connectivity index (χ4v) is 5.45. The maximum Gasteiger partial charge on any atom is 0.187 e. The Morgan fingerprint density at radius 3 is 1.42 bits per heavy atom. The number of aliphatic hydroxyl groups excluding tert-OH is 13. The lowest BCUT2D eigenvalue weighted by Crippen LogP contribution is -2.66. The highest BCUT2D eigenvalue weighted by atomic mass is 16.8. The summed E-state index contributed by atoms with van der Waals surface area (Å²) in [7, 11) is 0. The van der Waals surface area contributed by atoms with Crippen LogP contribution in [0.4, 0.5) is 0 Å². The van der Waals surface area contributed by atoms with Crippen LogP contribution in [0.25, 0.3) is 0 Å². The maximum atomic E-state index is 10.8. The number of ether oxygens (including phenoxy) is 7. The molecule has 0 aliphatic carbocycles. The molecule has 0 saturated carbocycles. The van der Waals surface area contributed by atoms with Gasteiger partial charge in [-0.05, 0) is 0 Å². The lowest BCUT2D eigenvalue weighted by atomic mass is 9.96. The molecule has 0 aromatic carbocycles. The monoisotopic (exact) mass is 665 g/mol. The molecule has 0 amide bonds. The zero-order valence-electron chi connectivity index (χ0n) is 23.6. The van der Waals surface area contributed by atoms with Gasteiger partial charge in [0.2, 0.25) is 0 Å². The average molecular weight is 666 g/mol. The van der Waals surface area contributed by atoms with Gasteiger partial charge >= 0.3 is 0 Å². The second kappa shape index (κ2) is 15.6. The van der Waals surface area contributed by atoms with E-state index in [0.29, 0.717) is 0 Å². The first-order chi connectivity index (χ1) is 21.2. The van der Waals surface area contributed by atoms with Crippen LogP contribution in [0.1, 0.15) is 0 Å². The second-order valence-electron chi connectivity index (χ2n) is 11.3. The van der Waals surface area contributed by atoms with Crippen molar-refractivity contribution in [1.29, 1.82) is 0 Å². The Bertz CT molecular complexity index is 920. The zero-order valence-corrected chi connectivity index (χ0v) is 23.6. The minimum atomic E-state index is -1.93. The summed E-state index contributed by atoms with van der Waals surface area (Å²) < 4.78 is 38.2. The minimum absolute atomic E-state index is 0.726. The molecule has 0 unspecified atom stereocenters. The van der Waals surface area contributed by atoms with E-state index < -0.39 is 149 Å². The van der Waals surface area contributed by atoms with Crippen LogP contribution < -0.4 is 5.73 Å². The van der Waals surface area contributed by atoms with Crippen LogP contribution in [0.3, 0.4) is 0 Å². The first kappa shape index (κ1) is 37.0. The number of hydrogen-bond donors (Lipinski definition) is 14. The Hall–Kier alpha value is -0.840. The Labute approximate surface area is 255 Å². The van der Waals surface area contributed by atoms with Crippen LogP contribution in [-0.4, -0.2) is 216 Å². The molecule has 0 bridgehead atoms. The van der Waals surface area contributed by atoms with Gasteiger partial charge in [-0.15, -0.1) is 0 Å². The van der Waals surface area contributed by atoms with E-state index in [1.807, 2.05) is 0 Å². The summed E-state index contributed by atoms with van der Waals surface area (Å²) in [5.41, 5.74) is 5.69. The van der Waals surface area contributed by atoms with E-state index in [9.17, 15) is 66.4 Å². The fourth-order valence-electron chi connectivity index (χ4n) is 5.45. The Kier molecular flexibility index (Phi) is 12.8. The number of nitrogens with two attached hydrogens (primary N) is 1. The van der Waals surface area contributed by atoms with E-state index in [1.165, 1.54) is 0 Å². The quantitative estimate of drug-likeness (QED) is 0.103. The van der Waals surface area contributed by atoms with Crippen LogP contribution in [-0.2, 0) is 33.2 Å². The summed E-state index contributed by atoms with van der Waals surface area (Å²) in [5, 5.41) is 132. The zero-order chi connectivity index (χ0) is 33.3. The number of rotatable bonds is 10. The van der Waals surface area contributed by atoms with Gasteiger partial charge in [-0.25, -0.2) is 0 Å². The van der Waals surface area contributed by atoms with Crippen LogP contribution in [0, 0.1) is 0 Å². The van der Waals surface area contributed by atoms with Gasteiger partial charge in [-0.1, -0.05) is 0 Å². The molecule has 0 radical (unpaired) electrons. The molecule has 4 aliphatic rings. The van der Waals surface area contributed by atoms with Crippen molar-refractivity contribution < 1.29 is 99.5 Å². The van der Waals surface area contributed by atoms with E-state index in [0.717, 1.165) is 0 Å². The third-order valence-corrected chi connectivity index (χ3v) is 8.27. The molecule has 21 heteroatoms. The molecule has 4 heterocycles. The molecule has 20 atom stereocenters. The molecule has 21 nitrogen and oxygen atoms in total. The van der Waals surface area contributed by atoms with Gasteiger partial charge in [-0.2, -0.15) is 0 Å². The molecular weight excluding hydrogens is 622 g/mol. The van der Waals surface area contributed by atoms with Crippen molar-refractivity contribution in [3.8, 4) is 0 Å². The first-order valence-electron chi connectivity index (χ1n) is 14.2. The molecule has 0 aromatic heterocycles. The standard InChI is InChI=1S/C24H43NO20/c25-9-13(32)19(7(3-28)40-21(9)38)44-23-18(37)15(34)12(31)8(43-23)4-39-24-20(16(35)11(30)6(2-27)42-24)45-22-17(36)14(33)10(29)5(1-26)41-22/h5-24,26-38H,1-4,25H2/t5-,6-,7-,8-,9-,10-,11-,12-,13-,14+,15+,16+,17+,18+,19-,20+,21+,22-,23-,24+/m1/s1. The molecule has 0 spiro atoms. The van der Waals surface area contributed by atoms with Crippen molar-refractivity contribution in [1.82, 2.24) is 0 Å². The molecule has 4 aliphatic heterocycles. The van der Waals surface area contributed by atoms with Crippen molar-refractivity contribution in [3.63, 3.8) is 0 Å². The predicted octanol–water partition coefficient (Wildman–Crippen LogP) is -9.78. The third kappa shape index (κ3) is 7.59. The minimum Gasteiger partial charge on any atom is -0.394 e. The van der Waals surface area contributed by atoms with Crippen molar-refractivity contribution >= 4 is 0 Å². The fraction of sp³-hybridized carbons (Fsp3) is 1.00. The van der Waals surface area contributed by atoms with Crippen molar-refractivity contribution in [2.75, 3.05) is 26.4 Å². The number of aliphatic hydroxyl groups is 13. The molecule has 4 fully saturated rings. The van der Waals surface area contributed by atoms with Gasteiger partial charge in [0, 0.05) is 0 Å². The van der Waals surface area contributed by atoms with E-state index in [2.05, 4.69) is 0 Å². The van der Waals surface area contributed by atoms with Gasteiger partial charge in [0.15, 0.2) is 25.2 Å². The van der Waals surface area contributed by atoms with E-state index in [1.54, 1.807) is 0 Å². The lowest BCUT2D eigenvalue weighted by molar-refractivity contribution is -0.376. The van der Waals surface area contributed by atoms with Gasteiger partial charge in [0.1, 0.15) is 91.6 Å². The summed E-state index contributed by atoms with van der Waals surface area (Å²) in [6.45, 7) is -3.10. The number of hydrogen-bond acceptors (Lipinski definition) is 21. The largest absolute Gasteiger partial charge is 0.394 e. The second-order valence-corrected chi connectivity index (χ2v) is 11.3. The Morgan fingerprint density at radius 1 is 0.444 bits per heavy atom. The van der Waals surface area contributed by atoms with Gasteiger partial charge in [0.05, 0.1) is 32.5 Å². The van der Waals surface area contributed by atoms with Crippen molar-refractivity contribution in [3.05, 3.63) is 0 Å². The molecule has 45 heavy (non-hydrogen) atoms. The maximum absolute atomic E-state index is 10.8. The van der Waals surface area contributed by atoms with Crippen LogP contribution in [0.2, 0.25) is 0 Å². The van der Waals surface area contributed by atoms with E-state index in [4.69, 9.17) is 38.9 Å². The molecule has 264 valence electrons. The molecule has 4 saturated heterocycles. The van der Waals surface area contributed by atoms with Crippen molar-refractivity contribution in [2.24, 2.45) is 5.73 Å². The first-order valence-corrected chi connectivity index (χ1v) is 14.2. The smallest absolute Gasteiger partial charge is 0.187 e. The summed E-state index contributed by atoms with van der Waals surface area (Å²) in [6, 6.07) is -1.39. The van der Waals surface area contributed by atoms with Gasteiger partial charge < -0.3 is 105 Å². The molecule has 15 N–H and O–H groups in total. The van der Waals surface area contributed by atoms with Crippen LogP contribution >= 0.6 is 0 Å². The molecule has 0 aromatic rings. The third-order valence-electron chi connectivity index (χ3n) is 8.27. The predicted molar refractivity (Wildman–Crippen MR) is 136 cm³/mol. The summed E-state index contributed by atoms with van der Waals surface area (Å²) >= 11 is 0. The summed E-state index contributed by atoms with van der Waals surface area (Å²) in [6.07, 6.45) is -32.5. The SMILES string of the molecule is N[C@@H]1[C@@H](O)[C@H](O[C@H]2O[C@H](CO[C@H]3O[C@H](CO)[C@@H](O)[C@H](O)[C@@H]3O[C@H]3O[C@H](CO)[C@@H](O)[C@H](O)[C@@H]3O)[C@@H](O)[C@H](O)[C@@H]2O)[C@@H](CO)O[C@@H]1O. The topological polar surface area (TPSA) is 354 Å². The normalized spacial score (nSPS) is 52.9.